The number of amides is 1. The van der Waals surface area contributed by atoms with Crippen molar-refractivity contribution >= 4 is 24.3 Å². The Morgan fingerprint density at radius 2 is 2.00 bits per heavy atom. The molecule has 0 bridgehead atoms. The van der Waals surface area contributed by atoms with Crippen LogP contribution in [0, 0.1) is 5.92 Å². The molecule has 1 rings (SSSR count). The van der Waals surface area contributed by atoms with E-state index in [1.807, 2.05) is 0 Å². The molecule has 0 saturated carbocycles. The molecule has 82 valence electrons. The minimum atomic E-state index is -0.883. The summed E-state index contributed by atoms with van der Waals surface area (Å²) >= 11 is 0. The largest absolute Gasteiger partial charge is 0.480 e. The third kappa shape index (κ3) is 2.61. The van der Waals surface area contributed by atoms with Gasteiger partial charge in [-0.15, -0.1) is 12.4 Å². The predicted molar refractivity (Wildman–Crippen MR) is 54.5 cm³/mol. The summed E-state index contributed by atoms with van der Waals surface area (Å²) in [6.07, 6.45) is 1.39. The van der Waals surface area contributed by atoms with Crippen LogP contribution in [0.3, 0.4) is 0 Å². The molecule has 0 aromatic rings. The number of likely N-dealkylation sites (tertiary alicyclic amines) is 1. The first-order chi connectivity index (χ1) is 6.04. The molecule has 0 spiro atoms. The van der Waals surface area contributed by atoms with Gasteiger partial charge in [0, 0.05) is 12.5 Å². The van der Waals surface area contributed by atoms with E-state index in [-0.39, 0.29) is 24.2 Å². The first kappa shape index (κ1) is 13.2. The number of rotatable bonds is 2. The van der Waals surface area contributed by atoms with Gasteiger partial charge in [0.05, 0.1) is 0 Å². The maximum atomic E-state index is 11.5. The third-order valence-corrected chi connectivity index (χ3v) is 2.31. The van der Waals surface area contributed by atoms with Crippen molar-refractivity contribution in [2.75, 3.05) is 6.54 Å². The molecule has 1 amide bonds. The molecule has 14 heavy (non-hydrogen) atoms. The molecule has 5 heteroatoms. The fourth-order valence-corrected chi connectivity index (χ4v) is 1.62. The molecule has 1 aliphatic rings. The summed E-state index contributed by atoms with van der Waals surface area (Å²) in [6, 6.07) is -0.588. The van der Waals surface area contributed by atoms with Crippen LogP contribution in [0.15, 0.2) is 0 Å². The monoisotopic (exact) mass is 221 g/mol. The highest BCUT2D eigenvalue weighted by Crippen LogP contribution is 2.19. The molecule has 1 atom stereocenters. The molecule has 0 aromatic heterocycles. The number of hydrogen-bond acceptors (Lipinski definition) is 2. The Hall–Kier alpha value is -0.770. The van der Waals surface area contributed by atoms with Gasteiger partial charge in [0.2, 0.25) is 5.91 Å². The van der Waals surface area contributed by atoms with Crippen LogP contribution in [0.25, 0.3) is 0 Å². The van der Waals surface area contributed by atoms with Gasteiger partial charge >= 0.3 is 5.97 Å². The van der Waals surface area contributed by atoms with Crippen molar-refractivity contribution in [3.05, 3.63) is 0 Å². The third-order valence-electron chi connectivity index (χ3n) is 2.31. The molecular weight excluding hydrogens is 206 g/mol. The summed E-state index contributed by atoms with van der Waals surface area (Å²) in [5, 5.41) is 8.82. The second kappa shape index (κ2) is 5.20. The molecule has 0 aromatic carbocycles. The van der Waals surface area contributed by atoms with Crippen molar-refractivity contribution in [3.63, 3.8) is 0 Å². The Bertz CT molecular complexity index is 230. The summed E-state index contributed by atoms with van der Waals surface area (Å²) in [6.45, 7) is 4.17. The number of nitrogens with zero attached hydrogens (tertiary/aromatic N) is 1. The lowest BCUT2D eigenvalue weighted by Crippen LogP contribution is -2.42. The van der Waals surface area contributed by atoms with Gasteiger partial charge in [-0.25, -0.2) is 4.79 Å². The summed E-state index contributed by atoms with van der Waals surface area (Å²) in [4.78, 5) is 23.7. The maximum Gasteiger partial charge on any atom is 0.326 e. The molecule has 1 fully saturated rings. The highest BCUT2D eigenvalue weighted by Gasteiger charge is 2.34. The fraction of sp³-hybridized carbons (Fsp3) is 0.778. The SMILES string of the molecule is CC(C)C(=O)N1CCC[C@H]1C(=O)O.Cl. The summed E-state index contributed by atoms with van der Waals surface area (Å²) < 4.78 is 0. The molecular formula is C9H16ClNO3. The summed E-state index contributed by atoms with van der Waals surface area (Å²) in [5.41, 5.74) is 0. The highest BCUT2D eigenvalue weighted by atomic mass is 35.5. The van der Waals surface area contributed by atoms with Crippen molar-refractivity contribution in [1.29, 1.82) is 0 Å². The van der Waals surface area contributed by atoms with Crippen LogP contribution < -0.4 is 0 Å². The van der Waals surface area contributed by atoms with Crippen molar-refractivity contribution in [2.45, 2.75) is 32.7 Å². The smallest absolute Gasteiger partial charge is 0.326 e. The molecule has 1 N–H and O–H groups in total. The van der Waals surface area contributed by atoms with Gasteiger partial charge in [0.25, 0.3) is 0 Å². The van der Waals surface area contributed by atoms with Crippen molar-refractivity contribution in [3.8, 4) is 0 Å². The van der Waals surface area contributed by atoms with Gasteiger partial charge in [-0.2, -0.15) is 0 Å². The average molecular weight is 222 g/mol. The maximum absolute atomic E-state index is 11.5. The van der Waals surface area contributed by atoms with Crippen LogP contribution in [0.1, 0.15) is 26.7 Å². The van der Waals surface area contributed by atoms with E-state index < -0.39 is 12.0 Å². The molecule has 0 radical (unpaired) electrons. The average Bonchev–Trinajstić information content (AvgIpc) is 2.50. The number of hydrogen-bond donors (Lipinski definition) is 1. The molecule has 0 unspecified atom stereocenters. The van der Waals surface area contributed by atoms with E-state index in [0.717, 1.165) is 6.42 Å². The lowest BCUT2D eigenvalue weighted by molar-refractivity contribution is -0.149. The Labute approximate surface area is 89.7 Å². The van der Waals surface area contributed by atoms with Gasteiger partial charge in [-0.1, -0.05) is 13.8 Å². The second-order valence-electron chi connectivity index (χ2n) is 3.68. The van der Waals surface area contributed by atoms with E-state index in [1.165, 1.54) is 4.90 Å². The van der Waals surface area contributed by atoms with Gasteiger partial charge in [0.15, 0.2) is 0 Å². The van der Waals surface area contributed by atoms with Crippen molar-refractivity contribution < 1.29 is 14.7 Å². The van der Waals surface area contributed by atoms with Crippen LogP contribution in [0.4, 0.5) is 0 Å². The Morgan fingerprint density at radius 1 is 1.43 bits per heavy atom. The minimum absolute atomic E-state index is 0. The topological polar surface area (TPSA) is 57.6 Å². The number of carbonyl (C=O) groups excluding carboxylic acids is 1. The van der Waals surface area contributed by atoms with Gasteiger partial charge in [-0.05, 0) is 12.8 Å². The van der Waals surface area contributed by atoms with Crippen LogP contribution in [0.2, 0.25) is 0 Å². The lowest BCUT2D eigenvalue weighted by atomic mass is 10.1. The van der Waals surface area contributed by atoms with E-state index in [0.29, 0.717) is 13.0 Å². The fourth-order valence-electron chi connectivity index (χ4n) is 1.62. The van der Waals surface area contributed by atoms with Crippen LogP contribution in [0.5, 0.6) is 0 Å². The number of carboxylic acid groups (broad SMARTS) is 1. The standard InChI is InChI=1S/C9H15NO3.ClH/c1-6(2)8(11)10-5-3-4-7(10)9(12)13;/h6-7H,3-5H2,1-2H3,(H,12,13);1H/t7-;/m0./s1. The Kier molecular flexibility index (Phi) is 4.91. The highest BCUT2D eigenvalue weighted by molar-refractivity contribution is 5.85. The molecule has 0 aliphatic carbocycles. The zero-order valence-corrected chi connectivity index (χ0v) is 9.21. The normalized spacial score (nSPS) is 20.8. The van der Waals surface area contributed by atoms with Crippen LogP contribution in [-0.2, 0) is 9.59 Å². The van der Waals surface area contributed by atoms with E-state index in [1.54, 1.807) is 13.8 Å². The first-order valence-electron chi connectivity index (χ1n) is 4.57. The zero-order chi connectivity index (χ0) is 10.0. The van der Waals surface area contributed by atoms with Gasteiger partial charge in [-0.3, -0.25) is 4.79 Å². The molecule has 1 aliphatic heterocycles. The minimum Gasteiger partial charge on any atom is -0.480 e. The van der Waals surface area contributed by atoms with Gasteiger partial charge < -0.3 is 10.0 Å². The summed E-state index contributed by atoms with van der Waals surface area (Å²) in [7, 11) is 0. The number of carboxylic acids is 1. The molecule has 1 heterocycles. The van der Waals surface area contributed by atoms with Crippen LogP contribution in [-0.4, -0.2) is 34.5 Å². The Morgan fingerprint density at radius 3 is 2.43 bits per heavy atom. The molecule has 4 nitrogen and oxygen atoms in total. The number of halogens is 1. The Balaban J connectivity index is 0.00000169. The number of carbonyl (C=O) groups is 2. The van der Waals surface area contributed by atoms with E-state index in [2.05, 4.69) is 0 Å². The lowest BCUT2D eigenvalue weighted by Gasteiger charge is -2.23. The van der Waals surface area contributed by atoms with Crippen LogP contribution >= 0.6 is 12.4 Å². The van der Waals surface area contributed by atoms with E-state index in [9.17, 15) is 9.59 Å². The number of aliphatic carboxylic acids is 1. The molecule has 1 saturated heterocycles. The van der Waals surface area contributed by atoms with Crippen molar-refractivity contribution in [2.24, 2.45) is 5.92 Å². The quantitative estimate of drug-likeness (QED) is 0.761. The second-order valence-corrected chi connectivity index (χ2v) is 3.68. The zero-order valence-electron chi connectivity index (χ0n) is 8.40. The van der Waals surface area contributed by atoms with Crippen molar-refractivity contribution in [1.82, 2.24) is 4.90 Å². The summed E-state index contributed by atoms with van der Waals surface area (Å²) in [5.74, 6) is -1.05. The van der Waals surface area contributed by atoms with E-state index >= 15 is 0 Å². The first-order valence-corrected chi connectivity index (χ1v) is 4.57. The van der Waals surface area contributed by atoms with Gasteiger partial charge in [0.1, 0.15) is 6.04 Å². The van der Waals surface area contributed by atoms with E-state index in [4.69, 9.17) is 5.11 Å². The predicted octanol–water partition coefficient (Wildman–Crippen LogP) is 1.14.